The molecule has 4 nitrogen and oxygen atoms in total. The second kappa shape index (κ2) is 18.1. The van der Waals surface area contributed by atoms with Crippen LogP contribution < -0.4 is 26.2 Å². The van der Waals surface area contributed by atoms with Gasteiger partial charge in [0.05, 0.1) is 33.9 Å². The molecule has 2 aliphatic rings. The summed E-state index contributed by atoms with van der Waals surface area (Å²) in [6.45, 7) is 18.7. The molecule has 0 N–H and O–H groups in total. The quantitative estimate of drug-likeness (QED) is 0.149. The predicted octanol–water partition coefficient (Wildman–Crippen LogP) is 20.1. The maximum absolute atomic E-state index is 6.22. The third-order valence-electron chi connectivity index (χ3n) is 17.0. The summed E-state index contributed by atoms with van der Waals surface area (Å²) in [7, 11) is 0. The fourth-order valence-electron chi connectivity index (χ4n) is 12.7. The highest BCUT2D eigenvalue weighted by atomic mass is 32.1. The second-order valence-electron chi connectivity index (χ2n) is 24.3. The van der Waals surface area contributed by atoms with Gasteiger partial charge >= 0.3 is 0 Å². The molecule has 0 unspecified atom stereocenters. The molecule has 388 valence electrons. The van der Waals surface area contributed by atoms with Gasteiger partial charge in [-0.25, -0.2) is 0 Å². The monoisotopic (exact) mass is 1070 g/mol. The topological polar surface area (TPSA) is 32.8 Å². The molecule has 0 amide bonds. The Balaban J connectivity index is 1.08. The van der Waals surface area contributed by atoms with Gasteiger partial charge in [0.15, 0.2) is 0 Å². The molecule has 0 radical (unpaired) electrons. The SMILES string of the molecule is CC(C)c1cc2c3c(c1)N(c1ccc(-c4coc5ccccc45)cc1-c1ccccc1)c1sc4ccc(C(C)(C)C)cc4c1B3c1c(sc3ccc(C(C)(C)C)cc13)N2c1ccc(-c2coc3ccccc23)cc1-c1ccccc1. The van der Waals surface area contributed by atoms with Crippen LogP contribution in [0.4, 0.5) is 32.8 Å². The van der Waals surface area contributed by atoms with Gasteiger partial charge in [0, 0.05) is 53.8 Å². The minimum atomic E-state index is -0.0832. The zero-order chi connectivity index (χ0) is 54.3. The highest BCUT2D eigenvalue weighted by Crippen LogP contribution is 2.55. The average Bonchev–Trinajstić information content (AvgIpc) is 4.45. The molecule has 0 aliphatic carbocycles. The largest absolute Gasteiger partial charge is 0.464 e. The van der Waals surface area contributed by atoms with Crippen LogP contribution in [0.25, 0.3) is 86.6 Å². The van der Waals surface area contributed by atoms with Crippen LogP contribution in [0.3, 0.4) is 0 Å². The van der Waals surface area contributed by atoms with Crippen molar-refractivity contribution in [2.45, 2.75) is 72.1 Å². The first kappa shape index (κ1) is 48.7. The summed E-state index contributed by atoms with van der Waals surface area (Å²) >= 11 is 3.88. The number of hydrogen-bond acceptors (Lipinski definition) is 6. The van der Waals surface area contributed by atoms with E-state index in [0.29, 0.717) is 0 Å². The fourth-order valence-corrected chi connectivity index (χ4v) is 15.2. The van der Waals surface area contributed by atoms with E-state index >= 15 is 0 Å². The lowest BCUT2D eigenvalue weighted by Crippen LogP contribution is -2.60. The summed E-state index contributed by atoms with van der Waals surface area (Å²) in [5, 5.41) is 7.40. The Hall–Kier alpha value is -8.36. The third kappa shape index (κ3) is 7.61. The molecular weight excluding hydrogens is 1010 g/mol. The Bertz CT molecular complexity index is 4330. The molecule has 0 spiro atoms. The van der Waals surface area contributed by atoms with Crippen molar-refractivity contribution >= 4 is 121 Å². The minimum absolute atomic E-state index is 0.0614. The highest BCUT2D eigenvalue weighted by Gasteiger charge is 2.48. The summed E-state index contributed by atoms with van der Waals surface area (Å²) < 4.78 is 15.0. The second-order valence-corrected chi connectivity index (χ2v) is 26.3. The van der Waals surface area contributed by atoms with Crippen LogP contribution in [0.2, 0.25) is 0 Å². The van der Waals surface area contributed by atoms with Gasteiger partial charge in [0.25, 0.3) is 6.71 Å². The fraction of sp³-hybridized carbons (Fsp3) is 0.151. The first-order chi connectivity index (χ1) is 38.8. The highest BCUT2D eigenvalue weighted by molar-refractivity contribution is 7.29. The van der Waals surface area contributed by atoms with Crippen molar-refractivity contribution in [3.8, 4) is 44.5 Å². The predicted molar refractivity (Wildman–Crippen MR) is 344 cm³/mol. The van der Waals surface area contributed by atoms with Crippen molar-refractivity contribution in [1.29, 1.82) is 0 Å². The Morgan fingerprint density at radius 3 is 1.24 bits per heavy atom. The normalized spacial score (nSPS) is 13.3. The van der Waals surface area contributed by atoms with Crippen molar-refractivity contribution in [1.82, 2.24) is 0 Å². The zero-order valence-corrected chi connectivity index (χ0v) is 47.9. The molecule has 7 heteroatoms. The van der Waals surface area contributed by atoms with Gasteiger partial charge in [-0.3, -0.25) is 0 Å². The van der Waals surface area contributed by atoms with E-state index in [1.807, 2.05) is 47.3 Å². The lowest BCUT2D eigenvalue weighted by molar-refractivity contribution is 0.591. The van der Waals surface area contributed by atoms with Crippen LogP contribution in [-0.2, 0) is 10.8 Å². The van der Waals surface area contributed by atoms with Crippen molar-refractivity contribution in [3.05, 3.63) is 223 Å². The van der Waals surface area contributed by atoms with Crippen LogP contribution in [0.15, 0.2) is 215 Å². The third-order valence-corrected chi connectivity index (χ3v) is 19.3. The summed E-state index contributed by atoms with van der Waals surface area (Å²) in [6.07, 6.45) is 3.85. The van der Waals surface area contributed by atoms with Crippen molar-refractivity contribution in [2.75, 3.05) is 9.80 Å². The standard InChI is InChI=1S/C73H59BN2O2S2/c1-43(2)48-37-61-69-62(38-48)76(60-32-28-47(36-54(60)45-21-13-10-14-22-45)58-42-78-64-26-18-16-24-52(58)64)71-68(56-40-50(73(6,7)8)30-34-66(56)80-71)74(69)67-55-39-49(72(3,4)5)29-33-65(55)79-70(67)75(61)59-31-27-46(35-53(59)44-19-11-9-12-20-44)57-41-77-63-25-17-15-23-51(57)63/h9-43H,1-8H3. The number of anilines is 6. The van der Waals surface area contributed by atoms with Gasteiger partial charge in [-0.05, 0) is 144 Å². The van der Waals surface area contributed by atoms with E-state index in [1.54, 1.807) is 0 Å². The van der Waals surface area contributed by atoms with Gasteiger partial charge in [0.1, 0.15) is 11.2 Å². The van der Waals surface area contributed by atoms with Gasteiger partial charge in [-0.1, -0.05) is 189 Å². The number of rotatable bonds is 7. The molecule has 15 rings (SSSR count). The van der Waals surface area contributed by atoms with Crippen LogP contribution in [0, 0.1) is 0 Å². The summed E-state index contributed by atoms with van der Waals surface area (Å²) in [5.74, 6) is 0.227. The Morgan fingerprint density at radius 1 is 0.388 bits per heavy atom. The maximum Gasteiger partial charge on any atom is 0.256 e. The van der Waals surface area contributed by atoms with Gasteiger partial charge in [-0.2, -0.15) is 0 Å². The van der Waals surface area contributed by atoms with Gasteiger partial charge in [-0.15, -0.1) is 22.7 Å². The summed E-state index contributed by atoms with van der Waals surface area (Å²) in [5.41, 5.74) is 23.4. The van der Waals surface area contributed by atoms with Crippen LogP contribution >= 0.6 is 22.7 Å². The molecule has 80 heavy (non-hydrogen) atoms. The number of thiophene rings is 2. The van der Waals surface area contributed by atoms with Crippen LogP contribution in [-0.4, -0.2) is 6.71 Å². The minimum Gasteiger partial charge on any atom is -0.464 e. The molecule has 2 aliphatic heterocycles. The maximum atomic E-state index is 6.22. The van der Waals surface area contributed by atoms with E-state index < -0.39 is 0 Å². The number of para-hydroxylation sites is 2. The van der Waals surface area contributed by atoms with E-state index in [9.17, 15) is 0 Å². The molecule has 4 aromatic heterocycles. The van der Waals surface area contributed by atoms with E-state index in [-0.39, 0.29) is 23.5 Å². The van der Waals surface area contributed by atoms with Gasteiger partial charge in [0.2, 0.25) is 0 Å². The molecule has 0 atom stereocenters. The van der Waals surface area contributed by atoms with Crippen LogP contribution in [0.5, 0.6) is 0 Å². The Morgan fingerprint density at radius 2 is 0.812 bits per heavy atom. The van der Waals surface area contributed by atoms with Crippen molar-refractivity contribution in [2.24, 2.45) is 0 Å². The lowest BCUT2D eigenvalue weighted by atomic mass is 9.33. The molecule has 6 heterocycles. The first-order valence-electron chi connectivity index (χ1n) is 28.0. The number of hydrogen-bond donors (Lipinski definition) is 0. The number of furan rings is 2. The van der Waals surface area contributed by atoms with E-state index in [1.165, 1.54) is 74.6 Å². The molecule has 0 saturated heterocycles. The summed E-state index contributed by atoms with van der Waals surface area (Å²) in [4.78, 5) is 5.34. The van der Waals surface area contributed by atoms with Gasteiger partial charge < -0.3 is 18.6 Å². The molecule has 13 aromatic rings. The molecule has 9 aromatic carbocycles. The number of nitrogens with zero attached hydrogens (tertiary/aromatic N) is 2. The van der Waals surface area contributed by atoms with Crippen molar-refractivity contribution in [3.63, 3.8) is 0 Å². The smallest absolute Gasteiger partial charge is 0.256 e. The van der Waals surface area contributed by atoms with E-state index in [0.717, 1.165) is 77.8 Å². The Kier molecular flexibility index (Phi) is 11.0. The average molecular weight is 1070 g/mol. The molecular formula is C73H59BN2O2S2. The molecule has 0 fully saturated rings. The number of benzene rings is 9. The van der Waals surface area contributed by atoms with Crippen LogP contribution in [0.1, 0.15) is 78.0 Å². The molecule has 0 bridgehead atoms. The summed E-state index contributed by atoms with van der Waals surface area (Å²) in [6, 6.07) is 72.7. The van der Waals surface area contributed by atoms with E-state index in [2.05, 4.69) is 247 Å². The number of fused-ring (bicyclic) bond motifs is 10. The zero-order valence-electron chi connectivity index (χ0n) is 46.3. The first-order valence-corrected chi connectivity index (χ1v) is 29.6. The van der Waals surface area contributed by atoms with E-state index in [4.69, 9.17) is 8.83 Å². The van der Waals surface area contributed by atoms with Crippen molar-refractivity contribution < 1.29 is 8.83 Å². The Labute approximate surface area is 476 Å². The molecule has 0 saturated carbocycles. The lowest BCUT2D eigenvalue weighted by Gasteiger charge is -2.43.